The lowest BCUT2D eigenvalue weighted by Crippen LogP contribution is -2.62. The second-order valence-electron chi connectivity index (χ2n) is 9.72. The van der Waals surface area contributed by atoms with Crippen molar-refractivity contribution in [2.75, 3.05) is 0 Å². The van der Waals surface area contributed by atoms with Crippen LogP contribution in [0.15, 0.2) is 47.6 Å². The zero-order chi connectivity index (χ0) is 27.2. The van der Waals surface area contributed by atoms with Gasteiger partial charge in [0.05, 0.1) is 18.1 Å². The van der Waals surface area contributed by atoms with Crippen LogP contribution < -0.4 is 5.32 Å². The van der Waals surface area contributed by atoms with Gasteiger partial charge in [0.25, 0.3) is 0 Å². The Morgan fingerprint density at radius 1 is 1.19 bits per heavy atom. The molecule has 9 heteroatoms. The number of ether oxygens (including phenoxy) is 2. The molecule has 198 valence electrons. The molecule has 0 radical (unpaired) electrons. The first-order chi connectivity index (χ1) is 16.7. The first-order valence-corrected chi connectivity index (χ1v) is 12.1. The van der Waals surface area contributed by atoms with E-state index in [1.165, 1.54) is 26.8 Å². The van der Waals surface area contributed by atoms with Crippen LogP contribution in [0.1, 0.15) is 54.4 Å². The number of amides is 1. The van der Waals surface area contributed by atoms with Crippen LogP contribution in [0, 0.1) is 11.3 Å². The molecule has 1 amide bonds. The number of ketones is 1. The van der Waals surface area contributed by atoms with Crippen molar-refractivity contribution in [3.8, 4) is 0 Å². The van der Waals surface area contributed by atoms with Crippen molar-refractivity contribution in [1.29, 1.82) is 0 Å². The molecule has 2 heterocycles. The maximum absolute atomic E-state index is 13.7. The molecular formula is C27H37NO8. The summed E-state index contributed by atoms with van der Waals surface area (Å²) in [6.07, 6.45) is 6.59. The van der Waals surface area contributed by atoms with Crippen LogP contribution in [0.4, 0.5) is 0 Å². The van der Waals surface area contributed by atoms with Crippen LogP contribution in [0.5, 0.6) is 0 Å². The second-order valence-corrected chi connectivity index (χ2v) is 9.72. The molecule has 0 saturated carbocycles. The number of carbonyl (C=O) groups excluding carboxylic acids is 4. The molecule has 0 spiro atoms. The van der Waals surface area contributed by atoms with Gasteiger partial charge in [-0.05, 0) is 40.2 Å². The van der Waals surface area contributed by atoms with Gasteiger partial charge >= 0.3 is 11.9 Å². The van der Waals surface area contributed by atoms with Gasteiger partial charge in [-0.1, -0.05) is 48.5 Å². The number of aliphatic hydroxyl groups is 2. The van der Waals surface area contributed by atoms with Gasteiger partial charge in [0.1, 0.15) is 23.7 Å². The van der Waals surface area contributed by atoms with Crippen LogP contribution in [0.25, 0.3) is 0 Å². The number of allylic oxidation sites excluding steroid dienone is 4. The maximum Gasteiger partial charge on any atom is 0.322 e. The maximum atomic E-state index is 13.7. The Bertz CT molecular complexity index is 992. The molecule has 1 aliphatic carbocycles. The first kappa shape index (κ1) is 29.2. The van der Waals surface area contributed by atoms with Crippen molar-refractivity contribution in [3.05, 3.63) is 47.6 Å². The molecule has 2 aliphatic heterocycles. The summed E-state index contributed by atoms with van der Waals surface area (Å²) in [5, 5.41) is 22.7. The molecule has 3 N–H and O–H groups in total. The van der Waals surface area contributed by atoms with Crippen LogP contribution in [0.3, 0.4) is 0 Å². The molecule has 0 aromatic carbocycles. The molecule has 36 heavy (non-hydrogen) atoms. The zero-order valence-electron chi connectivity index (χ0n) is 21.7. The number of nitrogens with one attached hydrogen (secondary N) is 1. The van der Waals surface area contributed by atoms with Crippen molar-refractivity contribution in [2.45, 2.75) is 84.8 Å². The predicted octanol–water partition coefficient (Wildman–Crippen LogP) is 2.08. The Morgan fingerprint density at radius 2 is 1.83 bits per heavy atom. The summed E-state index contributed by atoms with van der Waals surface area (Å²) >= 11 is 0. The molecular weight excluding hydrogens is 466 g/mol. The van der Waals surface area contributed by atoms with Gasteiger partial charge in [0.2, 0.25) is 5.91 Å². The molecule has 1 saturated heterocycles. The third-order valence-electron chi connectivity index (χ3n) is 6.51. The number of carbonyl (C=O) groups is 4. The topological polar surface area (TPSA) is 139 Å². The average molecular weight is 504 g/mol. The summed E-state index contributed by atoms with van der Waals surface area (Å²) in [5.41, 5.74) is -0.358. The van der Waals surface area contributed by atoms with Crippen molar-refractivity contribution in [1.82, 2.24) is 5.32 Å². The van der Waals surface area contributed by atoms with Crippen molar-refractivity contribution in [3.63, 3.8) is 0 Å². The third-order valence-corrected chi connectivity index (χ3v) is 6.51. The second kappa shape index (κ2) is 12.3. The largest absolute Gasteiger partial charge is 0.461 e. The Morgan fingerprint density at radius 3 is 2.44 bits per heavy atom. The molecule has 1 unspecified atom stereocenters. The summed E-state index contributed by atoms with van der Waals surface area (Å²) in [6, 6.07) is -1.12. The predicted molar refractivity (Wildman–Crippen MR) is 132 cm³/mol. The summed E-state index contributed by atoms with van der Waals surface area (Å²) < 4.78 is 11.1. The summed E-state index contributed by atoms with van der Waals surface area (Å²) in [4.78, 5) is 51.0. The highest BCUT2D eigenvalue weighted by molar-refractivity contribution is 6.08. The number of esters is 2. The highest BCUT2D eigenvalue weighted by Gasteiger charge is 2.56. The van der Waals surface area contributed by atoms with Gasteiger partial charge in [-0.25, -0.2) is 0 Å². The number of rotatable bonds is 3. The molecule has 3 aliphatic rings. The minimum Gasteiger partial charge on any atom is -0.461 e. The van der Waals surface area contributed by atoms with Crippen molar-refractivity contribution < 1.29 is 38.9 Å². The van der Waals surface area contributed by atoms with E-state index in [1.54, 1.807) is 38.2 Å². The Balaban J connectivity index is 2.60. The minimum absolute atomic E-state index is 0.0713. The molecule has 2 bridgehead atoms. The summed E-state index contributed by atoms with van der Waals surface area (Å²) in [7, 11) is 0. The normalized spacial score (nSPS) is 37.3. The third kappa shape index (κ3) is 7.24. The van der Waals surface area contributed by atoms with E-state index in [1.807, 2.05) is 13.0 Å². The monoisotopic (exact) mass is 503 g/mol. The molecule has 0 aromatic heterocycles. The first-order valence-electron chi connectivity index (χ1n) is 12.1. The van der Waals surface area contributed by atoms with E-state index in [4.69, 9.17) is 9.47 Å². The smallest absolute Gasteiger partial charge is 0.322 e. The number of aliphatic hydroxyl groups excluding tert-OH is 2. The van der Waals surface area contributed by atoms with Crippen molar-refractivity contribution >= 4 is 23.6 Å². The Labute approximate surface area is 211 Å². The quantitative estimate of drug-likeness (QED) is 0.393. The lowest BCUT2D eigenvalue weighted by molar-refractivity contribution is -0.182. The SMILES string of the molecule is CC(=O)O[C@@H]1/C=C\C(C)=C/C[C@H](O)/C=C\C(C)=C/C(NC(=O)[C@@H](C)O)[C@]2(C)C(=O)O[C@H](C1)[C@@H](C)C2=O. The van der Waals surface area contributed by atoms with Gasteiger partial charge in [-0.15, -0.1) is 0 Å². The van der Waals surface area contributed by atoms with E-state index in [0.717, 1.165) is 5.57 Å². The van der Waals surface area contributed by atoms with E-state index in [2.05, 4.69) is 5.32 Å². The lowest BCUT2D eigenvalue weighted by atomic mass is 9.69. The lowest BCUT2D eigenvalue weighted by Gasteiger charge is -2.42. The number of Topliss-reactive ketones (excluding diaryl/α,β-unsaturated/α-hetero) is 1. The number of hydrogen-bond acceptors (Lipinski definition) is 8. The van der Waals surface area contributed by atoms with E-state index >= 15 is 0 Å². The number of fused-ring (bicyclic) bond motifs is 10. The van der Waals surface area contributed by atoms with E-state index in [-0.39, 0.29) is 6.42 Å². The Kier molecular flexibility index (Phi) is 9.95. The van der Waals surface area contributed by atoms with Gasteiger partial charge in [0.15, 0.2) is 5.78 Å². The van der Waals surface area contributed by atoms with Crippen LogP contribution in [0.2, 0.25) is 0 Å². The molecule has 1 fully saturated rings. The van der Waals surface area contributed by atoms with Gasteiger partial charge in [-0.3, -0.25) is 19.2 Å². The highest BCUT2D eigenvalue weighted by atomic mass is 16.6. The van der Waals surface area contributed by atoms with Gasteiger partial charge in [0, 0.05) is 13.3 Å². The van der Waals surface area contributed by atoms with Crippen molar-refractivity contribution in [2.24, 2.45) is 11.3 Å². The summed E-state index contributed by atoms with van der Waals surface area (Å²) in [5.74, 6) is -3.31. The Hall–Kier alpha value is -3.04. The molecule has 0 aromatic rings. The van der Waals surface area contributed by atoms with E-state index < -0.39 is 65.4 Å². The van der Waals surface area contributed by atoms with E-state index in [9.17, 15) is 29.4 Å². The fourth-order valence-corrected chi connectivity index (χ4v) is 4.17. The highest BCUT2D eigenvalue weighted by Crippen LogP contribution is 2.38. The van der Waals surface area contributed by atoms with Gasteiger partial charge in [-0.2, -0.15) is 0 Å². The van der Waals surface area contributed by atoms with Crippen LogP contribution in [-0.4, -0.2) is 64.3 Å². The standard InChI is InChI=1S/C27H37NO8/c1-15-7-10-20(31)11-8-16(2)13-23(28-25(33)18(4)29)27(6)24(32)17(3)22(36-26(27)34)14-21(12-9-15)35-19(5)30/h7-9,11-13,17-18,20-23,29,31H,10,14H2,1-6H3,(H,28,33)/b11-8-,12-9-,15-7-,16-13-/t17-,18-,20+,21-,22-,23?,27+/m1/s1. The fraction of sp³-hybridized carbons (Fsp3) is 0.556. The average Bonchev–Trinajstić information content (AvgIpc) is 2.80. The number of hydrogen-bond donors (Lipinski definition) is 3. The molecule has 7 atom stereocenters. The van der Waals surface area contributed by atoms with Crippen LogP contribution in [-0.2, 0) is 28.7 Å². The molecule has 3 rings (SSSR count). The zero-order valence-corrected chi connectivity index (χ0v) is 21.7. The van der Waals surface area contributed by atoms with E-state index in [0.29, 0.717) is 12.0 Å². The minimum atomic E-state index is -1.77. The van der Waals surface area contributed by atoms with Crippen LogP contribution >= 0.6 is 0 Å². The molecule has 9 nitrogen and oxygen atoms in total. The summed E-state index contributed by atoms with van der Waals surface area (Å²) in [6.45, 7) is 9.13. The van der Waals surface area contributed by atoms with Gasteiger partial charge < -0.3 is 25.0 Å². The fourth-order valence-electron chi connectivity index (χ4n) is 4.17.